The Morgan fingerprint density at radius 1 is 0.839 bits per heavy atom. The Bertz CT molecular complexity index is 490. The quantitative estimate of drug-likeness (QED) is 0.133. The molecule has 0 bridgehead atoms. The molecule has 0 amide bonds. The number of esters is 1. The van der Waals surface area contributed by atoms with Gasteiger partial charge in [0.25, 0.3) is 0 Å². The molecule has 7 nitrogen and oxygen atoms in total. The van der Waals surface area contributed by atoms with Crippen molar-refractivity contribution in [2.75, 3.05) is 6.61 Å². The zero-order valence-electron chi connectivity index (χ0n) is 19.3. The van der Waals surface area contributed by atoms with E-state index in [0.717, 1.165) is 19.1 Å². The molecule has 0 spiro atoms. The van der Waals surface area contributed by atoms with E-state index in [1.807, 2.05) is 0 Å². The molecular weight excluding hydrogens is 400 g/mol. The molecule has 0 aromatic carbocycles. The number of carbonyl (C=O) groups excluding carboxylic acids is 2. The largest absolute Gasteiger partial charge is 0.505 e. The number of hydrogen-bond acceptors (Lipinski definition) is 7. The number of aldehydes is 1. The highest BCUT2D eigenvalue weighted by Gasteiger charge is 2.38. The summed E-state index contributed by atoms with van der Waals surface area (Å²) in [7, 11) is 0. The summed E-state index contributed by atoms with van der Waals surface area (Å²) >= 11 is 0. The smallest absolute Gasteiger partial charge is 0.377 e. The molecule has 0 aliphatic carbocycles. The fraction of sp³-hybridized carbons (Fsp3) is 0.833. The second-order valence-electron chi connectivity index (χ2n) is 8.21. The average Bonchev–Trinajstić information content (AvgIpc) is 3.03. The van der Waals surface area contributed by atoms with Gasteiger partial charge in [-0.3, -0.25) is 0 Å². The lowest BCUT2D eigenvalue weighted by atomic mass is 10.0. The Balaban J connectivity index is 0.000000639. The van der Waals surface area contributed by atoms with Crippen molar-refractivity contribution in [3.05, 3.63) is 11.5 Å². The van der Waals surface area contributed by atoms with Crippen molar-refractivity contribution < 1.29 is 34.8 Å². The van der Waals surface area contributed by atoms with Crippen LogP contribution < -0.4 is 0 Å². The molecule has 0 aromatic heterocycles. The summed E-state index contributed by atoms with van der Waals surface area (Å²) in [5.41, 5.74) is 0. The van der Waals surface area contributed by atoms with E-state index in [2.05, 4.69) is 11.7 Å². The fourth-order valence-electron chi connectivity index (χ4n) is 3.42. The minimum atomic E-state index is -1.42. The highest BCUT2D eigenvalue weighted by molar-refractivity contribution is 5.89. The van der Waals surface area contributed by atoms with E-state index < -0.39 is 36.3 Å². The summed E-state index contributed by atoms with van der Waals surface area (Å²) in [4.78, 5) is 20.7. The molecular formula is C24H44O7. The van der Waals surface area contributed by atoms with Crippen molar-refractivity contribution in [2.45, 2.75) is 122 Å². The third-order valence-electron chi connectivity index (χ3n) is 5.40. The Kier molecular flexibility index (Phi) is 19.3. The van der Waals surface area contributed by atoms with Crippen LogP contribution in [-0.4, -0.2) is 51.5 Å². The number of hydrogen-bond donors (Lipinski definition) is 4. The lowest BCUT2D eigenvalue weighted by Crippen LogP contribution is -2.31. The van der Waals surface area contributed by atoms with Crippen LogP contribution in [0.1, 0.15) is 110 Å². The van der Waals surface area contributed by atoms with E-state index in [9.17, 15) is 9.59 Å². The van der Waals surface area contributed by atoms with Crippen molar-refractivity contribution in [1.29, 1.82) is 0 Å². The lowest BCUT2D eigenvalue weighted by molar-refractivity contribution is -0.147. The van der Waals surface area contributed by atoms with E-state index in [1.54, 1.807) is 0 Å². The number of unbranched alkanes of at least 4 members (excludes halogenated alkanes) is 15. The maximum absolute atomic E-state index is 10.5. The Labute approximate surface area is 187 Å². The molecule has 4 N–H and O–H groups in total. The summed E-state index contributed by atoms with van der Waals surface area (Å²) in [6.45, 7) is 1.61. The van der Waals surface area contributed by atoms with Crippen LogP contribution in [0.5, 0.6) is 0 Å². The molecule has 1 aliphatic heterocycles. The van der Waals surface area contributed by atoms with Gasteiger partial charge in [0.2, 0.25) is 5.76 Å². The van der Waals surface area contributed by atoms with Crippen LogP contribution in [0.15, 0.2) is 11.5 Å². The van der Waals surface area contributed by atoms with E-state index in [4.69, 9.17) is 20.4 Å². The van der Waals surface area contributed by atoms with Gasteiger partial charge in [-0.2, -0.15) is 0 Å². The monoisotopic (exact) mass is 444 g/mol. The van der Waals surface area contributed by atoms with Gasteiger partial charge in [-0.15, -0.1) is 0 Å². The van der Waals surface area contributed by atoms with Gasteiger partial charge >= 0.3 is 5.97 Å². The average molecular weight is 445 g/mol. The van der Waals surface area contributed by atoms with Crippen molar-refractivity contribution in [1.82, 2.24) is 0 Å². The summed E-state index contributed by atoms with van der Waals surface area (Å²) in [6.07, 6.45) is 19.8. The third kappa shape index (κ3) is 14.9. The SMILES string of the molecule is CCCCCCCCCCCCCCCCCC=O.O=C1O[C@H]([C@@H](O)CO)C(O)=C1O. The molecule has 0 aromatic rings. The number of rotatable bonds is 18. The topological polar surface area (TPSA) is 124 Å². The summed E-state index contributed by atoms with van der Waals surface area (Å²) in [5.74, 6) is -2.78. The Morgan fingerprint density at radius 3 is 1.58 bits per heavy atom. The molecule has 0 saturated carbocycles. The lowest BCUT2D eigenvalue weighted by Gasteiger charge is -2.13. The molecule has 182 valence electrons. The molecule has 2 atom stereocenters. The van der Waals surface area contributed by atoms with Crippen LogP contribution in [-0.2, 0) is 14.3 Å². The van der Waals surface area contributed by atoms with Crippen LogP contribution in [0, 0.1) is 0 Å². The van der Waals surface area contributed by atoms with Crippen LogP contribution in [0.25, 0.3) is 0 Å². The highest BCUT2D eigenvalue weighted by atomic mass is 16.6. The Hall–Kier alpha value is -1.60. The van der Waals surface area contributed by atoms with Gasteiger partial charge in [0.1, 0.15) is 12.4 Å². The summed E-state index contributed by atoms with van der Waals surface area (Å²) < 4.78 is 4.32. The number of aliphatic hydroxyl groups is 4. The van der Waals surface area contributed by atoms with E-state index >= 15 is 0 Å². The predicted molar refractivity (Wildman–Crippen MR) is 121 cm³/mol. The zero-order chi connectivity index (χ0) is 23.3. The van der Waals surface area contributed by atoms with Gasteiger partial charge in [-0.05, 0) is 6.42 Å². The van der Waals surface area contributed by atoms with Gasteiger partial charge in [0.05, 0.1) is 6.61 Å². The molecule has 1 aliphatic rings. The second-order valence-corrected chi connectivity index (χ2v) is 8.21. The van der Waals surface area contributed by atoms with Crippen LogP contribution >= 0.6 is 0 Å². The fourth-order valence-corrected chi connectivity index (χ4v) is 3.42. The number of ether oxygens (including phenoxy) is 1. The number of cyclic esters (lactones) is 1. The van der Waals surface area contributed by atoms with Crippen LogP contribution in [0.3, 0.4) is 0 Å². The molecule has 0 radical (unpaired) electrons. The normalized spacial score (nSPS) is 16.6. The van der Waals surface area contributed by atoms with Crippen LogP contribution in [0.2, 0.25) is 0 Å². The van der Waals surface area contributed by atoms with E-state index in [1.165, 1.54) is 89.9 Å². The zero-order valence-corrected chi connectivity index (χ0v) is 19.3. The Morgan fingerprint density at radius 2 is 1.26 bits per heavy atom. The standard InChI is InChI=1S/C18H36O.C6H8O6/c1-2-3-4-5-6-7-8-9-10-11-12-13-14-15-16-17-18-19;7-1-2(8)5-3(9)4(10)6(11)12-5/h18H,2-17H2,1H3;2,5,7-10H,1H2/t;2-,5+/m.0/s1. The molecule has 31 heavy (non-hydrogen) atoms. The van der Waals surface area contributed by atoms with Crippen LogP contribution in [0.4, 0.5) is 0 Å². The maximum atomic E-state index is 10.5. The van der Waals surface area contributed by atoms with Crippen molar-refractivity contribution in [3.63, 3.8) is 0 Å². The van der Waals surface area contributed by atoms with Gasteiger partial charge in [-0.25, -0.2) is 4.79 Å². The molecule has 1 rings (SSSR count). The molecule has 1 heterocycles. The first-order chi connectivity index (χ1) is 15.0. The minimum Gasteiger partial charge on any atom is -0.505 e. The summed E-state index contributed by atoms with van der Waals surface area (Å²) in [5, 5.41) is 35.0. The minimum absolute atomic E-state index is 0.671. The molecule has 7 heteroatoms. The highest BCUT2D eigenvalue weighted by Crippen LogP contribution is 2.21. The van der Waals surface area contributed by atoms with Gasteiger partial charge < -0.3 is 30.0 Å². The predicted octanol–water partition coefficient (Wildman–Crippen LogP) is 5.04. The number of aliphatic hydroxyl groups excluding tert-OH is 4. The summed E-state index contributed by atoms with van der Waals surface area (Å²) in [6, 6.07) is 0. The first-order valence-electron chi connectivity index (χ1n) is 12.0. The van der Waals surface area contributed by atoms with Crippen molar-refractivity contribution >= 4 is 12.3 Å². The molecule has 0 unspecified atom stereocenters. The maximum Gasteiger partial charge on any atom is 0.377 e. The van der Waals surface area contributed by atoms with Gasteiger partial charge in [-0.1, -0.05) is 96.8 Å². The van der Waals surface area contributed by atoms with E-state index in [0.29, 0.717) is 0 Å². The van der Waals surface area contributed by atoms with Crippen molar-refractivity contribution in [3.8, 4) is 0 Å². The molecule has 0 fully saturated rings. The third-order valence-corrected chi connectivity index (χ3v) is 5.40. The second kappa shape index (κ2) is 20.3. The number of carbonyl (C=O) groups is 2. The van der Waals surface area contributed by atoms with E-state index in [-0.39, 0.29) is 0 Å². The van der Waals surface area contributed by atoms with Gasteiger partial charge in [0.15, 0.2) is 11.9 Å². The van der Waals surface area contributed by atoms with Crippen molar-refractivity contribution in [2.24, 2.45) is 0 Å². The first-order valence-corrected chi connectivity index (χ1v) is 12.0. The molecule has 0 saturated heterocycles. The first kappa shape index (κ1) is 29.4. The van der Waals surface area contributed by atoms with Gasteiger partial charge in [0, 0.05) is 6.42 Å².